The normalized spacial score (nSPS) is 10.2. The summed E-state index contributed by atoms with van der Waals surface area (Å²) >= 11 is 5.68. The number of nitrogens with one attached hydrogen (secondary N) is 2. The van der Waals surface area contributed by atoms with E-state index in [0.29, 0.717) is 13.1 Å². The molecule has 0 fully saturated rings. The van der Waals surface area contributed by atoms with Crippen molar-refractivity contribution in [3.05, 3.63) is 70.0 Å². The molecule has 0 unspecified atom stereocenters. The Kier molecular flexibility index (Phi) is 5.17. The molecule has 2 N–H and O–H groups in total. The summed E-state index contributed by atoms with van der Waals surface area (Å²) in [7, 11) is 0. The molecule has 0 aromatic heterocycles. The van der Waals surface area contributed by atoms with Crippen LogP contribution in [-0.2, 0) is 13.1 Å². The molecule has 2 rings (SSSR count). The Hall–Kier alpha value is -2.07. The van der Waals surface area contributed by atoms with Gasteiger partial charge < -0.3 is 10.6 Å². The highest BCUT2D eigenvalue weighted by molar-refractivity contribution is 6.30. The molecule has 3 nitrogen and oxygen atoms in total. The van der Waals surface area contributed by atoms with Crippen molar-refractivity contribution in [3.63, 3.8) is 0 Å². The first-order valence-corrected chi connectivity index (χ1v) is 6.93. The van der Waals surface area contributed by atoms with Crippen molar-refractivity contribution >= 4 is 17.6 Å². The second-order valence-electron chi connectivity index (χ2n) is 4.77. The largest absolute Gasteiger partial charge is 0.334 e. The van der Waals surface area contributed by atoms with Gasteiger partial charge in [-0.15, -0.1) is 0 Å². The molecule has 0 spiro atoms. The summed E-state index contributed by atoms with van der Waals surface area (Å²) in [6.07, 6.45) is 0. The summed E-state index contributed by atoms with van der Waals surface area (Å²) < 4.78 is 13.0. The number of benzene rings is 2. The van der Waals surface area contributed by atoms with Gasteiger partial charge in [-0.25, -0.2) is 9.18 Å². The number of rotatable bonds is 4. The Labute approximate surface area is 128 Å². The van der Waals surface area contributed by atoms with Crippen molar-refractivity contribution < 1.29 is 9.18 Å². The third-order valence-corrected chi connectivity index (χ3v) is 3.26. The molecule has 0 bridgehead atoms. The Morgan fingerprint density at radius 3 is 2.38 bits per heavy atom. The Morgan fingerprint density at radius 1 is 1.10 bits per heavy atom. The van der Waals surface area contributed by atoms with Gasteiger partial charge in [-0.2, -0.15) is 0 Å². The fourth-order valence-electron chi connectivity index (χ4n) is 1.90. The topological polar surface area (TPSA) is 41.1 Å². The lowest BCUT2D eigenvalue weighted by Crippen LogP contribution is -2.34. The second kappa shape index (κ2) is 7.09. The third kappa shape index (κ3) is 4.76. The first-order chi connectivity index (χ1) is 10.0. The van der Waals surface area contributed by atoms with Crippen LogP contribution in [-0.4, -0.2) is 6.03 Å². The quantitative estimate of drug-likeness (QED) is 0.886. The van der Waals surface area contributed by atoms with Gasteiger partial charge >= 0.3 is 6.03 Å². The molecule has 0 saturated heterocycles. The smallest absolute Gasteiger partial charge is 0.315 e. The molecule has 0 aliphatic carbocycles. The molecule has 0 aliphatic heterocycles. The zero-order chi connectivity index (χ0) is 15.2. The van der Waals surface area contributed by atoms with Gasteiger partial charge in [-0.1, -0.05) is 47.5 Å². The molecule has 21 heavy (non-hydrogen) atoms. The molecule has 2 amide bonds. The van der Waals surface area contributed by atoms with Crippen LogP contribution >= 0.6 is 11.6 Å². The maximum atomic E-state index is 13.0. The van der Waals surface area contributed by atoms with Crippen molar-refractivity contribution in [2.24, 2.45) is 0 Å². The van der Waals surface area contributed by atoms with Crippen molar-refractivity contribution in [2.45, 2.75) is 20.0 Å². The van der Waals surface area contributed by atoms with Gasteiger partial charge in [0.15, 0.2) is 0 Å². The maximum Gasteiger partial charge on any atom is 0.315 e. The Balaban J connectivity index is 1.80. The lowest BCUT2D eigenvalue weighted by molar-refractivity contribution is 0.240. The van der Waals surface area contributed by atoms with Crippen LogP contribution in [0.1, 0.15) is 16.7 Å². The van der Waals surface area contributed by atoms with Crippen LogP contribution in [0.5, 0.6) is 0 Å². The van der Waals surface area contributed by atoms with E-state index in [1.54, 1.807) is 6.07 Å². The van der Waals surface area contributed by atoms with E-state index in [9.17, 15) is 9.18 Å². The monoisotopic (exact) mass is 306 g/mol. The van der Waals surface area contributed by atoms with E-state index < -0.39 is 5.82 Å². The Bertz CT molecular complexity index is 646. The van der Waals surface area contributed by atoms with Crippen LogP contribution in [0.4, 0.5) is 9.18 Å². The molecule has 2 aromatic carbocycles. The summed E-state index contributed by atoms with van der Waals surface area (Å²) in [6, 6.07) is 12.0. The van der Waals surface area contributed by atoms with E-state index in [1.165, 1.54) is 12.1 Å². The second-order valence-corrected chi connectivity index (χ2v) is 5.18. The van der Waals surface area contributed by atoms with Gasteiger partial charge in [0, 0.05) is 13.1 Å². The lowest BCUT2D eigenvalue weighted by Gasteiger charge is -2.08. The number of urea groups is 1. The predicted octanol–water partition coefficient (Wildman–Crippen LogP) is 3.79. The van der Waals surface area contributed by atoms with E-state index >= 15 is 0 Å². The van der Waals surface area contributed by atoms with E-state index in [1.807, 2.05) is 31.2 Å². The van der Waals surface area contributed by atoms with Gasteiger partial charge in [-0.3, -0.25) is 0 Å². The summed E-state index contributed by atoms with van der Waals surface area (Å²) in [5.41, 5.74) is 2.93. The van der Waals surface area contributed by atoms with E-state index in [4.69, 9.17) is 11.6 Å². The molecule has 0 aliphatic rings. The lowest BCUT2D eigenvalue weighted by atomic mass is 10.1. The molecule has 2 aromatic rings. The summed E-state index contributed by atoms with van der Waals surface area (Å²) in [6.45, 7) is 2.75. The third-order valence-electron chi connectivity index (χ3n) is 2.97. The van der Waals surface area contributed by atoms with Crippen molar-refractivity contribution in [1.29, 1.82) is 0 Å². The van der Waals surface area contributed by atoms with Gasteiger partial charge in [0.2, 0.25) is 0 Å². The van der Waals surface area contributed by atoms with Crippen LogP contribution in [0.15, 0.2) is 42.5 Å². The number of aryl methyl sites for hydroxylation is 1. The van der Waals surface area contributed by atoms with Crippen LogP contribution in [0, 0.1) is 12.7 Å². The van der Waals surface area contributed by atoms with Crippen LogP contribution in [0.25, 0.3) is 0 Å². The van der Waals surface area contributed by atoms with Gasteiger partial charge in [0.05, 0.1) is 5.02 Å². The first-order valence-electron chi connectivity index (χ1n) is 6.56. The average molecular weight is 307 g/mol. The van der Waals surface area contributed by atoms with Crippen molar-refractivity contribution in [1.82, 2.24) is 10.6 Å². The summed E-state index contributed by atoms with van der Waals surface area (Å²) in [4.78, 5) is 11.7. The highest BCUT2D eigenvalue weighted by Crippen LogP contribution is 2.15. The zero-order valence-electron chi connectivity index (χ0n) is 11.6. The van der Waals surface area contributed by atoms with Gasteiger partial charge in [-0.05, 0) is 30.2 Å². The van der Waals surface area contributed by atoms with Crippen LogP contribution < -0.4 is 10.6 Å². The SMILES string of the molecule is Cc1cccc(CNC(=O)NCc2ccc(F)c(Cl)c2)c1. The fourth-order valence-corrected chi connectivity index (χ4v) is 2.10. The minimum absolute atomic E-state index is 0.0504. The van der Waals surface area contributed by atoms with E-state index in [-0.39, 0.29) is 11.1 Å². The highest BCUT2D eigenvalue weighted by Gasteiger charge is 2.03. The molecule has 5 heteroatoms. The molecule has 110 valence electrons. The summed E-state index contributed by atoms with van der Waals surface area (Å²) in [5.74, 6) is -0.468. The van der Waals surface area contributed by atoms with E-state index in [2.05, 4.69) is 10.6 Å². The summed E-state index contributed by atoms with van der Waals surface area (Å²) in [5, 5.41) is 5.52. The minimum atomic E-state index is -0.468. The zero-order valence-corrected chi connectivity index (χ0v) is 12.4. The number of hydrogen-bond acceptors (Lipinski definition) is 1. The number of amides is 2. The maximum absolute atomic E-state index is 13.0. The van der Waals surface area contributed by atoms with Crippen LogP contribution in [0.2, 0.25) is 5.02 Å². The molecule has 0 saturated carbocycles. The van der Waals surface area contributed by atoms with Crippen LogP contribution in [0.3, 0.4) is 0 Å². The number of halogens is 2. The van der Waals surface area contributed by atoms with Crippen molar-refractivity contribution in [3.8, 4) is 0 Å². The molecule has 0 atom stereocenters. The minimum Gasteiger partial charge on any atom is -0.334 e. The highest BCUT2D eigenvalue weighted by atomic mass is 35.5. The molecule has 0 radical (unpaired) electrons. The van der Waals surface area contributed by atoms with E-state index in [0.717, 1.165) is 16.7 Å². The van der Waals surface area contributed by atoms with Gasteiger partial charge in [0.1, 0.15) is 5.82 Å². The molecular weight excluding hydrogens is 291 g/mol. The molecule has 0 heterocycles. The average Bonchev–Trinajstić information content (AvgIpc) is 2.46. The number of carbonyl (C=O) groups is 1. The fraction of sp³-hybridized carbons (Fsp3) is 0.188. The Morgan fingerprint density at radius 2 is 1.76 bits per heavy atom. The standard InChI is InChI=1S/C16H16ClFN2O/c1-11-3-2-4-12(7-11)9-19-16(21)20-10-13-5-6-15(18)14(17)8-13/h2-8H,9-10H2,1H3,(H2,19,20,21). The number of hydrogen-bond donors (Lipinski definition) is 2. The predicted molar refractivity (Wildman–Crippen MR) is 81.7 cm³/mol. The van der Waals surface area contributed by atoms with Crippen molar-refractivity contribution in [2.75, 3.05) is 0 Å². The van der Waals surface area contributed by atoms with Gasteiger partial charge in [0.25, 0.3) is 0 Å². The molecular formula is C16H16ClFN2O. The number of carbonyl (C=O) groups excluding carboxylic acids is 1. The first kappa shape index (κ1) is 15.3.